The minimum atomic E-state index is -1.49. The van der Waals surface area contributed by atoms with Crippen LogP contribution in [0.2, 0.25) is 0 Å². The van der Waals surface area contributed by atoms with Crippen LogP contribution in [0.1, 0.15) is 39.5 Å². The quantitative estimate of drug-likeness (QED) is 0.0732. The first-order valence-electron chi connectivity index (χ1n) is 15.2. The second kappa shape index (κ2) is 18.1. The van der Waals surface area contributed by atoms with Gasteiger partial charge in [-0.3, -0.25) is 9.69 Å². The highest BCUT2D eigenvalue weighted by atomic mass is 16.7. The van der Waals surface area contributed by atoms with Crippen LogP contribution in [-0.4, -0.2) is 163 Å². The molecule has 10 atom stereocenters. The molecular formula is C28H47N3O15. The molecule has 2 aliphatic heterocycles. The molecule has 1 aromatic rings. The van der Waals surface area contributed by atoms with Crippen molar-refractivity contribution in [2.24, 2.45) is 0 Å². The summed E-state index contributed by atoms with van der Waals surface area (Å²) < 4.78 is 22.7. The van der Waals surface area contributed by atoms with Crippen molar-refractivity contribution in [3.63, 3.8) is 0 Å². The Balaban J connectivity index is 1.42. The fourth-order valence-corrected chi connectivity index (χ4v) is 4.87. The molecule has 0 aliphatic carbocycles. The molecule has 0 saturated carbocycles. The van der Waals surface area contributed by atoms with Crippen LogP contribution in [0.15, 0.2) is 12.1 Å². The molecule has 3 rings (SSSR count). The highest BCUT2D eigenvalue weighted by Gasteiger charge is 2.43. The summed E-state index contributed by atoms with van der Waals surface area (Å²) in [4.78, 5) is 31.2. The van der Waals surface area contributed by atoms with E-state index in [1.54, 1.807) is 4.90 Å². The molecule has 3 heterocycles. The number of aliphatic hydroxyl groups is 6. The summed E-state index contributed by atoms with van der Waals surface area (Å²) in [7, 11) is 0. The monoisotopic (exact) mass is 665 g/mol. The maximum Gasteiger partial charge on any atom is 0.333 e. The number of ether oxygens (including phenoxy) is 4. The minimum Gasteiger partial charge on any atom is -0.492 e. The van der Waals surface area contributed by atoms with Gasteiger partial charge in [-0.1, -0.05) is 6.42 Å². The molecule has 18 heteroatoms. The molecule has 1 amide bonds. The van der Waals surface area contributed by atoms with Gasteiger partial charge in [0.25, 0.3) is 0 Å². The van der Waals surface area contributed by atoms with E-state index in [2.05, 4.69) is 5.32 Å². The van der Waals surface area contributed by atoms with E-state index < -0.39 is 79.1 Å². The molecule has 18 nitrogen and oxygen atoms in total. The molecule has 46 heavy (non-hydrogen) atoms. The van der Waals surface area contributed by atoms with E-state index in [1.165, 1.54) is 26.0 Å². The average Bonchev–Trinajstić information content (AvgIpc) is 3.33. The Bertz CT molecular complexity index is 1030. The third kappa shape index (κ3) is 10.7. The summed E-state index contributed by atoms with van der Waals surface area (Å²) in [6, 6.07) is 2.35. The Morgan fingerprint density at radius 3 is 1.78 bits per heavy atom. The van der Waals surface area contributed by atoms with Crippen molar-refractivity contribution in [1.82, 2.24) is 14.9 Å². The first-order valence-corrected chi connectivity index (χ1v) is 15.2. The Morgan fingerprint density at radius 2 is 1.28 bits per heavy atom. The van der Waals surface area contributed by atoms with Gasteiger partial charge < -0.3 is 70.0 Å². The van der Waals surface area contributed by atoms with Crippen LogP contribution in [0, 0.1) is 0 Å². The van der Waals surface area contributed by atoms with E-state index in [4.69, 9.17) is 23.8 Å². The molecule has 0 spiro atoms. The van der Waals surface area contributed by atoms with Crippen molar-refractivity contribution in [3.8, 4) is 11.8 Å². The maximum atomic E-state index is 12.7. The van der Waals surface area contributed by atoms with Crippen LogP contribution in [0.5, 0.6) is 11.8 Å². The lowest BCUT2D eigenvalue weighted by atomic mass is 10.0. The Kier molecular flexibility index (Phi) is 14.9. The number of aliphatic hydroxyl groups excluding tert-OH is 6. The number of aromatic nitrogens is 1. The fraction of sp³-hybridized carbons (Fsp3) is 0.786. The number of carbonyl (C=O) groups excluding carboxylic acids is 2. The summed E-state index contributed by atoms with van der Waals surface area (Å²) in [5.74, 6) is -1.81. The SMILES string of the molecule is C[C@@H]1O[C@@H](OCCN(CCO[C@@H]2O[C@@H](C)[C@@H](O)[C@@H](O)[C@@H]2O)CC(=O)NCCCCCC(=O)On2c(O)ccc2O)[C@@H](O)[C@H](O)[C@@H]1O. The lowest BCUT2D eigenvalue weighted by Crippen LogP contribution is -2.57. The van der Waals surface area contributed by atoms with E-state index in [9.17, 15) is 50.4 Å². The third-order valence-corrected chi connectivity index (χ3v) is 7.73. The van der Waals surface area contributed by atoms with Crippen LogP contribution >= 0.6 is 0 Å². The number of nitrogens with zero attached hydrogens (tertiary/aromatic N) is 2. The van der Waals surface area contributed by atoms with Crippen molar-refractivity contribution in [2.45, 2.75) is 101 Å². The van der Waals surface area contributed by atoms with E-state index in [-0.39, 0.29) is 45.2 Å². The molecule has 264 valence electrons. The average molecular weight is 666 g/mol. The largest absolute Gasteiger partial charge is 0.492 e. The predicted octanol–water partition coefficient (Wildman–Crippen LogP) is -3.48. The highest BCUT2D eigenvalue weighted by molar-refractivity contribution is 5.78. The standard InChI is InChI=1S/C28H47N3O15/c1-15-21(36)23(38)25(40)27(44-15)42-12-10-30(11-13-43-28-26(41)24(39)22(37)16(2)45-28)14-17(32)29-9-5-3-4-6-20(35)46-31-18(33)7-8-19(31)34/h7-8,15-16,21-28,33-34,36-41H,3-6,9-14H2,1-2H3,(H,29,32)/t15-,16-,21+,22+,23+,24+,25-,26-,27+,28+/m0/s1. The molecule has 9 N–H and O–H groups in total. The number of carbonyl (C=O) groups is 2. The number of unbranched alkanes of at least 4 members (excludes halogenated alkanes) is 2. The van der Waals surface area contributed by atoms with Gasteiger partial charge in [0, 0.05) is 38.2 Å². The zero-order chi connectivity index (χ0) is 34.0. The molecule has 2 saturated heterocycles. The topological polar surface area (TPSA) is 262 Å². The van der Waals surface area contributed by atoms with Gasteiger partial charge >= 0.3 is 5.97 Å². The Hall–Kier alpha value is -2.62. The normalized spacial score (nSPS) is 31.6. The Labute approximate surface area is 265 Å². The number of hydrogen-bond acceptors (Lipinski definition) is 16. The first kappa shape index (κ1) is 37.8. The smallest absolute Gasteiger partial charge is 0.333 e. The van der Waals surface area contributed by atoms with E-state index in [0.717, 1.165) is 0 Å². The number of hydrogen-bond donors (Lipinski definition) is 9. The van der Waals surface area contributed by atoms with Crippen molar-refractivity contribution in [1.29, 1.82) is 0 Å². The van der Waals surface area contributed by atoms with Gasteiger partial charge in [0.15, 0.2) is 12.6 Å². The maximum absolute atomic E-state index is 12.7. The van der Waals surface area contributed by atoms with E-state index in [1.807, 2.05) is 0 Å². The van der Waals surface area contributed by atoms with Gasteiger partial charge in [0.2, 0.25) is 17.7 Å². The number of rotatable bonds is 17. The molecular weight excluding hydrogens is 618 g/mol. The number of aromatic hydroxyl groups is 2. The third-order valence-electron chi connectivity index (χ3n) is 7.73. The molecule has 1 aromatic heterocycles. The fourth-order valence-electron chi connectivity index (χ4n) is 4.87. The lowest BCUT2D eigenvalue weighted by molar-refractivity contribution is -0.295. The van der Waals surface area contributed by atoms with Crippen LogP contribution < -0.4 is 10.2 Å². The van der Waals surface area contributed by atoms with E-state index >= 15 is 0 Å². The van der Waals surface area contributed by atoms with Crippen molar-refractivity contribution >= 4 is 11.9 Å². The summed E-state index contributed by atoms with van der Waals surface area (Å²) in [6.45, 7) is 3.49. The van der Waals surface area contributed by atoms with Crippen molar-refractivity contribution < 1.29 is 74.2 Å². The van der Waals surface area contributed by atoms with Crippen molar-refractivity contribution in [3.05, 3.63) is 12.1 Å². The van der Waals surface area contributed by atoms with Gasteiger partial charge in [0.1, 0.15) is 36.6 Å². The van der Waals surface area contributed by atoms with Gasteiger partial charge in [-0.05, 0) is 26.7 Å². The molecule has 2 fully saturated rings. The van der Waals surface area contributed by atoms with Gasteiger partial charge in [-0.15, -0.1) is 4.73 Å². The molecule has 0 unspecified atom stereocenters. The van der Waals surface area contributed by atoms with Crippen LogP contribution in [0.25, 0.3) is 0 Å². The summed E-state index contributed by atoms with van der Waals surface area (Å²) in [5, 5.41) is 82.0. The molecule has 2 aliphatic rings. The van der Waals surface area contributed by atoms with Gasteiger partial charge in [-0.2, -0.15) is 0 Å². The van der Waals surface area contributed by atoms with Crippen LogP contribution in [0.3, 0.4) is 0 Å². The summed E-state index contributed by atoms with van der Waals surface area (Å²) in [6.07, 6.45) is -10.9. The second-order valence-corrected chi connectivity index (χ2v) is 11.3. The molecule has 0 aromatic carbocycles. The van der Waals surface area contributed by atoms with E-state index in [0.29, 0.717) is 30.5 Å². The summed E-state index contributed by atoms with van der Waals surface area (Å²) in [5.41, 5.74) is 0. The van der Waals surface area contributed by atoms with Crippen molar-refractivity contribution in [2.75, 3.05) is 39.4 Å². The predicted molar refractivity (Wildman–Crippen MR) is 154 cm³/mol. The van der Waals surface area contributed by atoms with Gasteiger partial charge in [-0.25, -0.2) is 4.79 Å². The first-order chi connectivity index (χ1) is 21.8. The minimum absolute atomic E-state index is 0.0289. The number of nitrogens with one attached hydrogen (secondary N) is 1. The zero-order valence-corrected chi connectivity index (χ0v) is 25.8. The molecule has 0 bridgehead atoms. The lowest BCUT2D eigenvalue weighted by Gasteiger charge is -2.39. The summed E-state index contributed by atoms with van der Waals surface area (Å²) >= 11 is 0. The highest BCUT2D eigenvalue weighted by Crippen LogP contribution is 2.23. The Morgan fingerprint density at radius 1 is 0.783 bits per heavy atom. The van der Waals surface area contributed by atoms with Crippen LogP contribution in [-0.2, 0) is 28.5 Å². The van der Waals surface area contributed by atoms with Gasteiger partial charge in [0.05, 0.1) is 32.0 Å². The molecule has 0 radical (unpaired) electrons. The second-order valence-electron chi connectivity index (χ2n) is 11.3. The number of amides is 1. The zero-order valence-electron chi connectivity index (χ0n) is 25.8. The van der Waals surface area contributed by atoms with Crippen LogP contribution in [0.4, 0.5) is 0 Å².